The zero-order chi connectivity index (χ0) is 28.2. The summed E-state index contributed by atoms with van der Waals surface area (Å²) in [6, 6.07) is 0. The molecule has 2 fully saturated rings. The van der Waals surface area contributed by atoms with Gasteiger partial charge in [-0.2, -0.15) is 0 Å². The smallest absolute Gasteiger partial charge is 0.192 e. The summed E-state index contributed by atoms with van der Waals surface area (Å²) in [5.74, 6) is 0.442. The molecular weight excluding hydrogens is 493 g/mol. The van der Waals surface area contributed by atoms with Gasteiger partial charge in [-0.05, 0) is 77.7 Å². The third-order valence-corrected chi connectivity index (χ3v) is 20.7. The Balaban J connectivity index is 1.79. The van der Waals surface area contributed by atoms with E-state index in [2.05, 4.69) is 94.6 Å². The van der Waals surface area contributed by atoms with Crippen LogP contribution in [-0.4, -0.2) is 40.4 Å². The fraction of sp³-hybridized carbons (Fsp3) is 0.806. The Hall–Kier alpha value is -0.826. The van der Waals surface area contributed by atoms with Crippen LogP contribution < -0.4 is 0 Å². The fourth-order valence-corrected chi connectivity index (χ4v) is 9.89. The standard InChI is InChI=1S/C31H52O4Si2/c1-20-17-31(35-37(12,13)28(5,6)7)25(29(31,8)9)24-15-21(19-34-36(10,11)27(2,3)4)14-22-16-23(32)18-30(20,22)26(24)33/h14,16,20,24-25H,15,17-19H2,1-13H3/t20-,24+,25-,30-,31+/m1/s1. The number of hydrogen-bond acceptors (Lipinski definition) is 4. The van der Waals surface area contributed by atoms with E-state index >= 15 is 0 Å². The van der Waals surface area contributed by atoms with Crippen molar-refractivity contribution in [3.8, 4) is 0 Å². The highest BCUT2D eigenvalue weighted by molar-refractivity contribution is 6.74. The SMILES string of the molecule is C[C@@H]1C[C@]2(O[Si](C)(C)C(C)(C)C)[C@H]([C@@H]3CC(CO[Si](C)(C)C(C)(C)C)=CC4=CC(=O)C[C@]41C3=O)C2(C)C. The minimum atomic E-state index is -2.10. The number of ketones is 2. The monoisotopic (exact) mass is 544 g/mol. The molecule has 0 radical (unpaired) electrons. The number of carbonyl (C=O) groups is 2. The number of allylic oxidation sites excluding steroid dienone is 3. The second kappa shape index (κ2) is 8.34. The van der Waals surface area contributed by atoms with E-state index < -0.39 is 22.0 Å². The fourth-order valence-electron chi connectivity index (χ4n) is 7.22. The molecule has 4 nitrogen and oxygen atoms in total. The van der Waals surface area contributed by atoms with E-state index in [1.807, 2.05) is 0 Å². The Bertz CT molecular complexity index is 1070. The third kappa shape index (κ3) is 4.18. The molecule has 0 aliphatic heterocycles. The molecule has 4 aliphatic rings. The van der Waals surface area contributed by atoms with Crippen LogP contribution >= 0.6 is 0 Å². The molecule has 4 aliphatic carbocycles. The predicted molar refractivity (Wildman–Crippen MR) is 157 cm³/mol. The molecule has 208 valence electrons. The highest BCUT2D eigenvalue weighted by atomic mass is 28.4. The number of carbonyl (C=O) groups excluding carboxylic acids is 2. The van der Waals surface area contributed by atoms with Gasteiger partial charge >= 0.3 is 0 Å². The molecule has 0 heterocycles. The average Bonchev–Trinajstić information content (AvgIpc) is 3.02. The molecule has 1 spiro atoms. The molecule has 0 aromatic carbocycles. The third-order valence-electron chi connectivity index (χ3n) is 11.7. The summed E-state index contributed by atoms with van der Waals surface area (Å²) in [6.45, 7) is 30.3. The van der Waals surface area contributed by atoms with Gasteiger partial charge in [0.1, 0.15) is 5.78 Å². The molecule has 4 rings (SSSR count). The van der Waals surface area contributed by atoms with E-state index in [9.17, 15) is 9.59 Å². The second-order valence-electron chi connectivity index (χ2n) is 16.3. The van der Waals surface area contributed by atoms with Crippen molar-refractivity contribution in [1.82, 2.24) is 0 Å². The lowest BCUT2D eigenvalue weighted by Crippen LogP contribution is -2.47. The first-order chi connectivity index (χ1) is 16.5. The normalized spacial score (nSPS) is 35.8. The van der Waals surface area contributed by atoms with Gasteiger partial charge in [0.25, 0.3) is 0 Å². The molecule has 37 heavy (non-hydrogen) atoms. The van der Waals surface area contributed by atoms with Crippen LogP contribution in [0.1, 0.15) is 81.6 Å². The molecule has 6 heteroatoms. The van der Waals surface area contributed by atoms with Crippen molar-refractivity contribution >= 4 is 28.2 Å². The van der Waals surface area contributed by atoms with Crippen LogP contribution in [0.4, 0.5) is 0 Å². The van der Waals surface area contributed by atoms with Gasteiger partial charge in [-0.15, -0.1) is 0 Å². The summed E-state index contributed by atoms with van der Waals surface area (Å²) in [6.07, 6.45) is 5.82. The van der Waals surface area contributed by atoms with Crippen molar-refractivity contribution in [3.63, 3.8) is 0 Å². The highest BCUT2D eigenvalue weighted by Crippen LogP contribution is 2.75. The summed E-state index contributed by atoms with van der Waals surface area (Å²) in [5.41, 5.74) is 0.991. The Morgan fingerprint density at radius 2 is 1.51 bits per heavy atom. The van der Waals surface area contributed by atoms with Crippen molar-refractivity contribution in [3.05, 3.63) is 23.3 Å². The Morgan fingerprint density at radius 3 is 2.05 bits per heavy atom. The molecule has 0 N–H and O–H groups in total. The van der Waals surface area contributed by atoms with Crippen molar-refractivity contribution in [2.24, 2.45) is 28.6 Å². The highest BCUT2D eigenvalue weighted by Gasteiger charge is 2.79. The van der Waals surface area contributed by atoms with Gasteiger partial charge in [0, 0.05) is 18.3 Å². The van der Waals surface area contributed by atoms with Gasteiger partial charge in [0.2, 0.25) is 0 Å². The van der Waals surface area contributed by atoms with Crippen LogP contribution in [0.3, 0.4) is 0 Å². The van der Waals surface area contributed by atoms with Gasteiger partial charge in [-0.25, -0.2) is 0 Å². The number of hydrogen-bond donors (Lipinski definition) is 0. The minimum Gasteiger partial charge on any atom is -0.413 e. The maximum absolute atomic E-state index is 14.6. The quantitative estimate of drug-likeness (QED) is 0.331. The zero-order valence-corrected chi connectivity index (χ0v) is 27.8. The predicted octanol–water partition coefficient (Wildman–Crippen LogP) is 7.87. The Labute approximate surface area is 228 Å². The van der Waals surface area contributed by atoms with Crippen LogP contribution in [0.2, 0.25) is 36.3 Å². The number of rotatable bonds is 5. The second-order valence-corrected chi connectivity index (χ2v) is 25.8. The van der Waals surface area contributed by atoms with E-state index in [1.54, 1.807) is 6.08 Å². The van der Waals surface area contributed by atoms with Gasteiger partial charge < -0.3 is 8.85 Å². The van der Waals surface area contributed by atoms with E-state index in [4.69, 9.17) is 8.85 Å². The average molecular weight is 545 g/mol. The maximum Gasteiger partial charge on any atom is 0.192 e. The summed E-state index contributed by atoms with van der Waals surface area (Å²) in [7, 11) is -4.06. The van der Waals surface area contributed by atoms with Crippen LogP contribution in [0.25, 0.3) is 0 Å². The molecule has 0 unspecified atom stereocenters. The van der Waals surface area contributed by atoms with Crippen molar-refractivity contribution < 1.29 is 18.4 Å². The lowest BCUT2D eigenvalue weighted by molar-refractivity contribution is -0.135. The van der Waals surface area contributed by atoms with Crippen molar-refractivity contribution in [2.75, 3.05) is 6.61 Å². The first kappa shape index (κ1) is 29.2. The Kier molecular flexibility index (Phi) is 6.57. The van der Waals surface area contributed by atoms with Gasteiger partial charge in [-0.1, -0.05) is 68.4 Å². The Morgan fingerprint density at radius 1 is 0.946 bits per heavy atom. The molecule has 0 saturated heterocycles. The first-order valence-electron chi connectivity index (χ1n) is 14.4. The molecule has 0 aromatic heterocycles. The molecule has 2 bridgehead atoms. The van der Waals surface area contributed by atoms with Crippen molar-refractivity contribution in [2.45, 2.75) is 123 Å². The number of Topliss-reactive ketones (excluding diaryl/α,β-unsaturated/α-hetero) is 1. The zero-order valence-electron chi connectivity index (χ0n) is 25.8. The van der Waals surface area contributed by atoms with Crippen LogP contribution in [0.15, 0.2) is 23.3 Å². The van der Waals surface area contributed by atoms with Gasteiger partial charge in [0.05, 0.1) is 17.6 Å². The molecular formula is C31H52O4Si2. The summed E-state index contributed by atoms with van der Waals surface area (Å²) < 4.78 is 14.1. The summed E-state index contributed by atoms with van der Waals surface area (Å²) >= 11 is 0. The molecule has 0 amide bonds. The lowest BCUT2D eigenvalue weighted by atomic mass is 9.64. The topological polar surface area (TPSA) is 52.6 Å². The largest absolute Gasteiger partial charge is 0.413 e. The van der Waals surface area contributed by atoms with Crippen LogP contribution in [0.5, 0.6) is 0 Å². The first-order valence-corrected chi connectivity index (χ1v) is 20.2. The van der Waals surface area contributed by atoms with Crippen LogP contribution in [-0.2, 0) is 18.4 Å². The maximum atomic E-state index is 14.6. The molecule has 0 aromatic rings. The summed E-state index contributed by atoms with van der Waals surface area (Å²) in [4.78, 5) is 27.6. The molecule has 2 saturated carbocycles. The lowest BCUT2D eigenvalue weighted by Gasteiger charge is -2.43. The van der Waals surface area contributed by atoms with Gasteiger partial charge in [-0.3, -0.25) is 9.59 Å². The van der Waals surface area contributed by atoms with Crippen molar-refractivity contribution in [1.29, 1.82) is 0 Å². The number of fused-ring (bicyclic) bond motifs is 3. The van der Waals surface area contributed by atoms with Crippen LogP contribution in [0, 0.1) is 28.6 Å². The van der Waals surface area contributed by atoms with E-state index in [-0.39, 0.29) is 50.4 Å². The van der Waals surface area contributed by atoms with E-state index in [0.717, 1.165) is 12.0 Å². The van der Waals surface area contributed by atoms with E-state index in [1.165, 1.54) is 5.57 Å². The minimum absolute atomic E-state index is 0.0497. The van der Waals surface area contributed by atoms with Gasteiger partial charge in [0.15, 0.2) is 22.4 Å². The molecule has 5 atom stereocenters. The summed E-state index contributed by atoms with van der Waals surface area (Å²) in [5, 5.41) is 0.204. The van der Waals surface area contributed by atoms with E-state index in [0.29, 0.717) is 19.4 Å².